The highest BCUT2D eigenvalue weighted by molar-refractivity contribution is 6.35. The molecule has 6 heteroatoms. The van der Waals surface area contributed by atoms with Crippen LogP contribution in [0.2, 0.25) is 0 Å². The lowest BCUT2D eigenvalue weighted by molar-refractivity contribution is -0.145. The number of hydrogen-bond donors (Lipinski definition) is 0. The molecule has 3 atom stereocenters. The van der Waals surface area contributed by atoms with Crippen molar-refractivity contribution in [1.29, 1.82) is 0 Å². The van der Waals surface area contributed by atoms with Gasteiger partial charge in [-0.15, -0.1) is 0 Å². The van der Waals surface area contributed by atoms with E-state index in [0.717, 1.165) is 11.1 Å². The minimum Gasteiger partial charge on any atom is -0.349 e. The summed E-state index contributed by atoms with van der Waals surface area (Å²) in [4.78, 5) is 56.0. The molecule has 3 aliphatic rings. The first kappa shape index (κ1) is 20.7. The van der Waals surface area contributed by atoms with Crippen molar-refractivity contribution in [2.75, 3.05) is 0 Å². The van der Waals surface area contributed by atoms with Crippen LogP contribution in [-0.4, -0.2) is 33.9 Å². The smallest absolute Gasteiger partial charge is 0.237 e. The molecule has 6 rings (SSSR count). The number of amides is 2. The van der Waals surface area contributed by atoms with Crippen LogP contribution in [0.25, 0.3) is 0 Å². The van der Waals surface area contributed by atoms with Gasteiger partial charge >= 0.3 is 0 Å². The first-order valence-electron chi connectivity index (χ1n) is 11.3. The van der Waals surface area contributed by atoms with E-state index in [9.17, 15) is 19.2 Å². The Morgan fingerprint density at radius 1 is 0.765 bits per heavy atom. The number of Topliss-reactive ketones (excluding diaryl/α,β-unsaturated/α-hetero) is 2. The minimum atomic E-state index is -2.03. The lowest BCUT2D eigenvalue weighted by Gasteiger charge is -2.27. The zero-order valence-corrected chi connectivity index (χ0v) is 18.4. The number of hydrogen-bond acceptors (Lipinski definition) is 5. The maximum Gasteiger partial charge on any atom is 0.237 e. The summed E-state index contributed by atoms with van der Waals surface area (Å²) in [7, 11) is 0. The van der Waals surface area contributed by atoms with Crippen molar-refractivity contribution in [1.82, 2.24) is 4.90 Å². The Hall–Kier alpha value is -3.90. The molecule has 0 saturated carbocycles. The summed E-state index contributed by atoms with van der Waals surface area (Å²) < 4.78 is 6.28. The molecule has 2 aliphatic heterocycles. The van der Waals surface area contributed by atoms with Gasteiger partial charge in [0.2, 0.25) is 29.0 Å². The first-order valence-corrected chi connectivity index (χ1v) is 11.3. The number of likely N-dealkylation sites (tertiary alicyclic amines) is 1. The van der Waals surface area contributed by atoms with Gasteiger partial charge in [-0.05, 0) is 18.1 Å². The highest BCUT2D eigenvalue weighted by atomic mass is 16.5. The number of ether oxygens (including phenoxy) is 1. The predicted molar refractivity (Wildman–Crippen MR) is 122 cm³/mol. The summed E-state index contributed by atoms with van der Waals surface area (Å²) in [5.74, 6) is -4.20. The van der Waals surface area contributed by atoms with Gasteiger partial charge in [-0.25, -0.2) is 0 Å². The van der Waals surface area contributed by atoms with E-state index < -0.39 is 46.9 Å². The molecule has 2 heterocycles. The normalized spacial score (nSPS) is 24.7. The lowest BCUT2D eigenvalue weighted by atomic mass is 9.77. The quantitative estimate of drug-likeness (QED) is 0.448. The number of carbonyl (C=O) groups is 4. The highest BCUT2D eigenvalue weighted by Gasteiger charge is 2.74. The van der Waals surface area contributed by atoms with E-state index in [1.807, 2.05) is 61.5 Å². The van der Waals surface area contributed by atoms with E-state index in [4.69, 9.17) is 4.74 Å². The lowest BCUT2D eigenvalue weighted by Crippen LogP contribution is -2.50. The Labute approximate surface area is 196 Å². The molecule has 0 aromatic heterocycles. The third-order valence-electron chi connectivity index (χ3n) is 7.20. The van der Waals surface area contributed by atoms with E-state index in [-0.39, 0.29) is 17.7 Å². The first-order chi connectivity index (χ1) is 16.4. The van der Waals surface area contributed by atoms with Crippen molar-refractivity contribution >= 4 is 23.4 Å². The third-order valence-corrected chi connectivity index (χ3v) is 7.20. The van der Waals surface area contributed by atoms with Crippen molar-refractivity contribution in [3.05, 3.63) is 107 Å². The number of rotatable bonds is 3. The van der Waals surface area contributed by atoms with Gasteiger partial charge in [-0.2, -0.15) is 0 Å². The number of fused-ring (bicyclic) bond motifs is 3. The molecule has 2 fully saturated rings. The van der Waals surface area contributed by atoms with Gasteiger partial charge < -0.3 is 4.74 Å². The maximum absolute atomic E-state index is 13.8. The van der Waals surface area contributed by atoms with Crippen LogP contribution in [0.4, 0.5) is 0 Å². The topological polar surface area (TPSA) is 80.8 Å². The van der Waals surface area contributed by atoms with Gasteiger partial charge in [0, 0.05) is 11.1 Å². The Morgan fingerprint density at radius 2 is 1.35 bits per heavy atom. The molecule has 34 heavy (non-hydrogen) atoms. The summed E-state index contributed by atoms with van der Waals surface area (Å²) in [6.07, 6.45) is -0.884. The van der Waals surface area contributed by atoms with Crippen LogP contribution in [0, 0.1) is 18.8 Å². The van der Waals surface area contributed by atoms with E-state index in [1.54, 1.807) is 24.3 Å². The Kier molecular flexibility index (Phi) is 4.44. The molecular formula is C28H21NO5. The van der Waals surface area contributed by atoms with Crippen molar-refractivity contribution in [2.45, 2.75) is 25.2 Å². The number of benzene rings is 3. The maximum atomic E-state index is 13.8. The van der Waals surface area contributed by atoms with Crippen molar-refractivity contribution in [3.8, 4) is 0 Å². The number of aryl methyl sites for hydroxylation is 1. The van der Waals surface area contributed by atoms with Gasteiger partial charge in [0.05, 0.1) is 24.5 Å². The van der Waals surface area contributed by atoms with Gasteiger partial charge in [0.1, 0.15) is 0 Å². The fraction of sp³-hybridized carbons (Fsp3) is 0.214. The molecule has 0 bridgehead atoms. The molecule has 1 spiro atoms. The average Bonchev–Trinajstić information content (AvgIpc) is 3.41. The highest BCUT2D eigenvalue weighted by Crippen LogP contribution is 2.57. The predicted octanol–water partition coefficient (Wildman–Crippen LogP) is 3.69. The Bertz CT molecular complexity index is 1330. The Balaban J connectivity index is 1.49. The average molecular weight is 451 g/mol. The zero-order chi connectivity index (χ0) is 23.6. The molecule has 1 aliphatic carbocycles. The van der Waals surface area contributed by atoms with E-state index in [0.29, 0.717) is 5.56 Å². The van der Waals surface area contributed by atoms with Crippen molar-refractivity contribution < 1.29 is 23.9 Å². The molecule has 2 amide bonds. The number of imide groups is 1. The molecule has 0 unspecified atom stereocenters. The van der Waals surface area contributed by atoms with Crippen molar-refractivity contribution in [3.63, 3.8) is 0 Å². The molecule has 0 radical (unpaired) electrons. The van der Waals surface area contributed by atoms with Crippen molar-refractivity contribution in [2.24, 2.45) is 11.8 Å². The fourth-order valence-electron chi connectivity index (χ4n) is 5.56. The largest absolute Gasteiger partial charge is 0.349 e. The van der Waals surface area contributed by atoms with Gasteiger partial charge in [-0.3, -0.25) is 24.1 Å². The summed E-state index contributed by atoms with van der Waals surface area (Å²) in [5, 5.41) is 0. The van der Waals surface area contributed by atoms with Gasteiger partial charge in [0.25, 0.3) is 0 Å². The second-order valence-corrected chi connectivity index (χ2v) is 9.14. The van der Waals surface area contributed by atoms with E-state index >= 15 is 0 Å². The standard InChI is InChI=1S/C28H21NO5/c1-16-11-13-18(14-12-16)23-21-22(27(33)29(26(21)32)15-17-7-3-2-4-8-17)28(34-23)24(30)19-9-5-6-10-20(19)25(28)31/h2-14,21-23H,15H2,1H3/t21-,22-,23-/m0/s1. The monoisotopic (exact) mass is 451 g/mol. The number of ketones is 2. The Morgan fingerprint density at radius 3 is 1.97 bits per heavy atom. The second kappa shape index (κ2) is 7.30. The zero-order valence-electron chi connectivity index (χ0n) is 18.4. The summed E-state index contributed by atoms with van der Waals surface area (Å²) in [6, 6.07) is 23.1. The third kappa shape index (κ3) is 2.66. The molecule has 168 valence electrons. The molecule has 6 nitrogen and oxygen atoms in total. The second-order valence-electron chi connectivity index (χ2n) is 9.14. The number of nitrogens with zero attached hydrogens (tertiary/aromatic N) is 1. The van der Waals surface area contributed by atoms with Gasteiger partial charge in [-0.1, -0.05) is 84.4 Å². The van der Waals surface area contributed by atoms with Crippen LogP contribution in [0.3, 0.4) is 0 Å². The van der Waals surface area contributed by atoms with Crippen LogP contribution in [-0.2, 0) is 20.9 Å². The number of carbonyl (C=O) groups excluding carboxylic acids is 4. The molecule has 3 aromatic carbocycles. The van der Waals surface area contributed by atoms with E-state index in [1.165, 1.54) is 4.90 Å². The molecular weight excluding hydrogens is 430 g/mol. The summed E-state index contributed by atoms with van der Waals surface area (Å²) in [5.41, 5.74) is 0.917. The summed E-state index contributed by atoms with van der Waals surface area (Å²) in [6.45, 7) is 2.02. The molecule has 3 aromatic rings. The van der Waals surface area contributed by atoms with Crippen LogP contribution in [0.15, 0.2) is 78.9 Å². The SMILES string of the molecule is Cc1ccc([C@@H]2OC3(C(=O)c4ccccc4C3=O)[C@@H]3C(=O)N(Cc4ccccc4)C(=O)[C@@H]32)cc1. The van der Waals surface area contributed by atoms with Crippen LogP contribution in [0.1, 0.15) is 43.5 Å². The summed E-state index contributed by atoms with van der Waals surface area (Å²) >= 11 is 0. The van der Waals surface area contributed by atoms with Crippen LogP contribution < -0.4 is 0 Å². The molecule has 0 N–H and O–H groups in total. The fourth-order valence-corrected chi connectivity index (χ4v) is 5.56. The van der Waals surface area contributed by atoms with E-state index in [2.05, 4.69) is 0 Å². The van der Waals surface area contributed by atoms with Gasteiger partial charge in [0.15, 0.2) is 0 Å². The van der Waals surface area contributed by atoms with Crippen LogP contribution >= 0.6 is 0 Å². The molecule has 2 saturated heterocycles. The minimum absolute atomic E-state index is 0.0809. The van der Waals surface area contributed by atoms with Crippen LogP contribution in [0.5, 0.6) is 0 Å².